The largest absolute Gasteiger partial charge is 0.398 e. The molecule has 5 heteroatoms. The average Bonchev–Trinajstić information content (AvgIpc) is 2.58. The first-order valence-corrected chi connectivity index (χ1v) is 8.15. The molecule has 0 radical (unpaired) electrons. The first-order valence-electron chi connectivity index (χ1n) is 8.15. The number of nitrogen functional groups attached to an aromatic ring is 1. The summed E-state index contributed by atoms with van der Waals surface area (Å²) in [7, 11) is 1.77. The summed E-state index contributed by atoms with van der Waals surface area (Å²) in [5, 5.41) is 0. The maximum atomic E-state index is 13.0. The van der Waals surface area contributed by atoms with Gasteiger partial charge >= 0.3 is 0 Å². The summed E-state index contributed by atoms with van der Waals surface area (Å²) in [5.41, 5.74) is 9.96. The van der Waals surface area contributed by atoms with Crippen molar-refractivity contribution in [3.05, 3.63) is 59.4 Å². The Morgan fingerprint density at radius 2 is 2.00 bits per heavy atom. The Kier molecular flexibility index (Phi) is 4.69. The normalized spacial score (nSPS) is 13.5. The fourth-order valence-corrected chi connectivity index (χ4v) is 3.13. The number of carbonyl (C=O) groups excluding carboxylic acids is 1. The molecule has 0 atom stereocenters. The van der Waals surface area contributed by atoms with Crippen LogP contribution in [0.2, 0.25) is 0 Å². The number of likely N-dealkylation sites (N-methyl/N-ethyl adjacent to an activating group) is 1. The summed E-state index contributed by atoms with van der Waals surface area (Å²) < 4.78 is 13.0. The second-order valence-corrected chi connectivity index (χ2v) is 6.25. The maximum Gasteiger partial charge on any atom is 0.242 e. The first-order chi connectivity index (χ1) is 11.5. The van der Waals surface area contributed by atoms with E-state index in [0.29, 0.717) is 13.1 Å². The van der Waals surface area contributed by atoms with Gasteiger partial charge in [0.05, 0.1) is 6.54 Å². The highest BCUT2D eigenvalue weighted by atomic mass is 19.1. The predicted octanol–water partition coefficient (Wildman–Crippen LogP) is 2.82. The summed E-state index contributed by atoms with van der Waals surface area (Å²) in [6.45, 7) is 1.65. The van der Waals surface area contributed by atoms with Crippen LogP contribution in [0.5, 0.6) is 0 Å². The second-order valence-electron chi connectivity index (χ2n) is 6.25. The maximum absolute atomic E-state index is 13.0. The Morgan fingerprint density at radius 3 is 2.75 bits per heavy atom. The lowest BCUT2D eigenvalue weighted by atomic mass is 10.00. The predicted molar refractivity (Wildman–Crippen MR) is 94.3 cm³/mol. The van der Waals surface area contributed by atoms with Crippen LogP contribution >= 0.6 is 0 Å². The van der Waals surface area contributed by atoms with E-state index in [1.807, 2.05) is 18.2 Å². The standard InChI is InChI=1S/C19H22FN3O/c1-22(12-14-7-9-15(20)10-8-14)19(24)13-23-11-3-4-16-17(21)5-2-6-18(16)23/h2,5-10H,3-4,11-13,21H2,1H3. The third kappa shape index (κ3) is 3.50. The van der Waals surface area contributed by atoms with Gasteiger partial charge in [0.1, 0.15) is 5.82 Å². The quantitative estimate of drug-likeness (QED) is 0.879. The molecule has 1 heterocycles. The van der Waals surface area contributed by atoms with Crippen molar-refractivity contribution in [1.82, 2.24) is 4.90 Å². The molecule has 1 aliphatic heterocycles. The van der Waals surface area contributed by atoms with Gasteiger partial charge in [-0.15, -0.1) is 0 Å². The number of benzene rings is 2. The second kappa shape index (κ2) is 6.91. The lowest BCUT2D eigenvalue weighted by molar-refractivity contribution is -0.128. The molecule has 0 saturated carbocycles. The van der Waals surface area contributed by atoms with Crippen LogP contribution in [0, 0.1) is 5.82 Å². The molecule has 0 spiro atoms. The fraction of sp³-hybridized carbons (Fsp3) is 0.316. The molecule has 0 aromatic heterocycles. The van der Waals surface area contributed by atoms with Crippen LogP contribution in [0.25, 0.3) is 0 Å². The number of carbonyl (C=O) groups is 1. The molecule has 2 aromatic carbocycles. The van der Waals surface area contributed by atoms with E-state index >= 15 is 0 Å². The number of fused-ring (bicyclic) bond motifs is 1. The zero-order valence-electron chi connectivity index (χ0n) is 13.8. The first kappa shape index (κ1) is 16.3. The molecule has 0 saturated heterocycles. The molecule has 0 aliphatic carbocycles. The van der Waals surface area contributed by atoms with Gasteiger partial charge in [-0.1, -0.05) is 18.2 Å². The smallest absolute Gasteiger partial charge is 0.242 e. The summed E-state index contributed by atoms with van der Waals surface area (Å²) in [4.78, 5) is 16.3. The van der Waals surface area contributed by atoms with Crippen LogP contribution in [0.15, 0.2) is 42.5 Å². The molecule has 0 unspecified atom stereocenters. The van der Waals surface area contributed by atoms with Crippen LogP contribution in [-0.2, 0) is 17.8 Å². The van der Waals surface area contributed by atoms with Gasteiger partial charge in [0.15, 0.2) is 0 Å². The van der Waals surface area contributed by atoms with E-state index in [0.717, 1.165) is 41.9 Å². The highest BCUT2D eigenvalue weighted by molar-refractivity contribution is 5.82. The van der Waals surface area contributed by atoms with Gasteiger partial charge < -0.3 is 15.5 Å². The van der Waals surface area contributed by atoms with Crippen molar-refractivity contribution in [3.8, 4) is 0 Å². The summed E-state index contributed by atoms with van der Waals surface area (Å²) >= 11 is 0. The Labute approximate surface area is 141 Å². The van der Waals surface area contributed by atoms with Gasteiger partial charge in [-0.2, -0.15) is 0 Å². The van der Waals surface area contributed by atoms with Crippen LogP contribution in [0.3, 0.4) is 0 Å². The van der Waals surface area contributed by atoms with Crippen molar-refractivity contribution >= 4 is 17.3 Å². The molecule has 1 aliphatic rings. The van der Waals surface area contributed by atoms with Crippen LogP contribution in [0.1, 0.15) is 17.5 Å². The average molecular weight is 327 g/mol. The van der Waals surface area contributed by atoms with Gasteiger partial charge in [0.25, 0.3) is 0 Å². The molecule has 3 rings (SSSR count). The number of nitrogens with zero attached hydrogens (tertiary/aromatic N) is 2. The zero-order valence-corrected chi connectivity index (χ0v) is 13.8. The Balaban J connectivity index is 1.67. The summed E-state index contributed by atoms with van der Waals surface area (Å²) in [5.74, 6) is -0.232. The molecule has 2 aromatic rings. The minimum Gasteiger partial charge on any atom is -0.398 e. The number of hydrogen-bond acceptors (Lipinski definition) is 3. The third-order valence-electron chi connectivity index (χ3n) is 4.47. The van der Waals surface area contributed by atoms with E-state index in [-0.39, 0.29) is 11.7 Å². The van der Waals surface area contributed by atoms with Gasteiger partial charge in [0.2, 0.25) is 5.91 Å². The number of halogens is 1. The van der Waals surface area contributed by atoms with Crippen LogP contribution in [0.4, 0.5) is 15.8 Å². The van der Waals surface area contributed by atoms with Crippen molar-refractivity contribution < 1.29 is 9.18 Å². The molecule has 2 N–H and O–H groups in total. The highest BCUT2D eigenvalue weighted by Gasteiger charge is 2.22. The van der Waals surface area contributed by atoms with E-state index in [2.05, 4.69) is 4.90 Å². The number of hydrogen-bond donors (Lipinski definition) is 1. The molecule has 4 nitrogen and oxygen atoms in total. The van der Waals surface area contributed by atoms with Crippen molar-refractivity contribution in [1.29, 1.82) is 0 Å². The number of amides is 1. The molecular weight excluding hydrogens is 305 g/mol. The van der Waals surface area contributed by atoms with E-state index in [1.54, 1.807) is 24.1 Å². The SMILES string of the molecule is CN(Cc1ccc(F)cc1)C(=O)CN1CCCc2c(N)cccc21. The topological polar surface area (TPSA) is 49.6 Å². The van der Waals surface area contributed by atoms with Gasteiger partial charge in [-0.3, -0.25) is 4.79 Å². The molecule has 24 heavy (non-hydrogen) atoms. The van der Waals surface area contributed by atoms with E-state index < -0.39 is 0 Å². The Bertz CT molecular complexity index is 730. The fourth-order valence-electron chi connectivity index (χ4n) is 3.13. The van der Waals surface area contributed by atoms with Crippen molar-refractivity contribution in [2.45, 2.75) is 19.4 Å². The Hall–Kier alpha value is -2.56. The van der Waals surface area contributed by atoms with Crippen molar-refractivity contribution in [3.63, 3.8) is 0 Å². The molecule has 126 valence electrons. The van der Waals surface area contributed by atoms with Gasteiger partial charge in [-0.25, -0.2) is 4.39 Å². The van der Waals surface area contributed by atoms with Crippen molar-refractivity contribution in [2.24, 2.45) is 0 Å². The summed E-state index contributed by atoms with van der Waals surface area (Å²) in [6, 6.07) is 12.1. The zero-order chi connectivity index (χ0) is 17.1. The van der Waals surface area contributed by atoms with Gasteiger partial charge in [-0.05, 0) is 48.2 Å². The number of nitrogens with two attached hydrogens (primary N) is 1. The minimum atomic E-state index is -0.268. The highest BCUT2D eigenvalue weighted by Crippen LogP contribution is 2.31. The van der Waals surface area contributed by atoms with E-state index in [4.69, 9.17) is 5.73 Å². The lowest BCUT2D eigenvalue weighted by Crippen LogP contribution is -2.40. The lowest BCUT2D eigenvalue weighted by Gasteiger charge is -2.32. The minimum absolute atomic E-state index is 0.0367. The monoisotopic (exact) mass is 327 g/mol. The molecule has 1 amide bonds. The van der Waals surface area contributed by atoms with Crippen LogP contribution in [-0.4, -0.2) is 30.9 Å². The molecule has 0 bridgehead atoms. The number of rotatable bonds is 4. The number of anilines is 2. The molecular formula is C19H22FN3O. The Morgan fingerprint density at radius 1 is 1.25 bits per heavy atom. The van der Waals surface area contributed by atoms with Crippen molar-refractivity contribution in [2.75, 3.05) is 30.8 Å². The summed E-state index contributed by atoms with van der Waals surface area (Å²) in [6.07, 6.45) is 1.95. The van der Waals surface area contributed by atoms with Crippen LogP contribution < -0.4 is 10.6 Å². The van der Waals surface area contributed by atoms with Gasteiger partial charge in [0, 0.05) is 31.5 Å². The van der Waals surface area contributed by atoms with E-state index in [9.17, 15) is 9.18 Å². The molecule has 0 fully saturated rings. The van der Waals surface area contributed by atoms with E-state index in [1.165, 1.54) is 12.1 Å². The third-order valence-corrected chi connectivity index (χ3v) is 4.47.